The van der Waals surface area contributed by atoms with Crippen molar-refractivity contribution in [2.75, 3.05) is 17.2 Å². The highest BCUT2D eigenvalue weighted by molar-refractivity contribution is 5.92. The lowest BCUT2D eigenvalue weighted by Gasteiger charge is -2.04. The Bertz CT molecular complexity index is 722. The van der Waals surface area contributed by atoms with Gasteiger partial charge in [0.1, 0.15) is 0 Å². The normalized spacial score (nSPS) is 10.4. The first kappa shape index (κ1) is 17.2. The van der Waals surface area contributed by atoms with E-state index < -0.39 is 0 Å². The molecule has 0 bridgehead atoms. The summed E-state index contributed by atoms with van der Waals surface area (Å²) in [5, 5.41) is 9.14. The third-order valence-electron chi connectivity index (χ3n) is 3.04. The number of aryl methyl sites for hydroxylation is 1. The molecule has 2 rings (SSSR count). The van der Waals surface area contributed by atoms with E-state index in [9.17, 15) is 9.59 Å². The lowest BCUT2D eigenvalue weighted by molar-refractivity contribution is -0.120. The molecule has 24 heavy (non-hydrogen) atoms. The third-order valence-corrected chi connectivity index (χ3v) is 3.04. The van der Waals surface area contributed by atoms with Gasteiger partial charge < -0.3 is 15.5 Å². The fourth-order valence-corrected chi connectivity index (χ4v) is 1.88. The minimum absolute atomic E-state index is 0.126. The minimum Gasteiger partial charge on any atom is -0.386 e. The van der Waals surface area contributed by atoms with Gasteiger partial charge in [0.15, 0.2) is 6.61 Å². The number of amides is 2. The van der Waals surface area contributed by atoms with E-state index in [1.54, 1.807) is 24.3 Å². The van der Waals surface area contributed by atoms with E-state index in [1.165, 1.54) is 13.1 Å². The summed E-state index contributed by atoms with van der Waals surface area (Å²) in [6, 6.07) is 14.6. The van der Waals surface area contributed by atoms with E-state index in [0.717, 1.165) is 11.1 Å². The van der Waals surface area contributed by atoms with Gasteiger partial charge in [-0.05, 0) is 36.8 Å². The molecular weight excluding hydrogens is 306 g/mol. The number of carbonyl (C=O) groups is 2. The summed E-state index contributed by atoms with van der Waals surface area (Å²) in [6.07, 6.45) is 1.50. The number of carbonyl (C=O) groups excluding carboxylic acids is 2. The molecule has 2 N–H and O–H groups in total. The molecule has 0 aliphatic heterocycles. The van der Waals surface area contributed by atoms with Gasteiger partial charge >= 0.3 is 0 Å². The van der Waals surface area contributed by atoms with E-state index in [1.807, 2.05) is 31.2 Å². The molecule has 0 aliphatic rings. The fourth-order valence-electron chi connectivity index (χ4n) is 1.88. The lowest BCUT2D eigenvalue weighted by Crippen LogP contribution is -2.16. The highest BCUT2D eigenvalue weighted by atomic mass is 16.6. The molecule has 0 aromatic heterocycles. The van der Waals surface area contributed by atoms with Crippen molar-refractivity contribution in [3.8, 4) is 0 Å². The third kappa shape index (κ3) is 5.92. The first-order valence-corrected chi connectivity index (χ1v) is 7.42. The van der Waals surface area contributed by atoms with Gasteiger partial charge in [0.25, 0.3) is 5.91 Å². The molecule has 0 saturated carbocycles. The van der Waals surface area contributed by atoms with Crippen molar-refractivity contribution >= 4 is 29.4 Å². The maximum Gasteiger partial charge on any atom is 0.265 e. The van der Waals surface area contributed by atoms with Gasteiger partial charge in [0.05, 0.1) is 6.21 Å². The maximum atomic E-state index is 11.7. The molecule has 0 fully saturated rings. The lowest BCUT2D eigenvalue weighted by atomic mass is 10.2. The van der Waals surface area contributed by atoms with Crippen molar-refractivity contribution in [3.05, 3.63) is 59.7 Å². The van der Waals surface area contributed by atoms with Crippen molar-refractivity contribution in [1.82, 2.24) is 0 Å². The number of nitrogens with zero attached hydrogens (tertiary/aromatic N) is 1. The molecule has 2 aromatic rings. The van der Waals surface area contributed by atoms with Crippen LogP contribution in [0.5, 0.6) is 0 Å². The van der Waals surface area contributed by atoms with E-state index in [4.69, 9.17) is 4.84 Å². The first-order valence-electron chi connectivity index (χ1n) is 7.42. The van der Waals surface area contributed by atoms with Gasteiger partial charge in [-0.25, -0.2) is 0 Å². The van der Waals surface area contributed by atoms with Crippen molar-refractivity contribution in [1.29, 1.82) is 0 Å². The quantitative estimate of drug-likeness (QED) is 0.633. The Morgan fingerprint density at radius 3 is 2.21 bits per heavy atom. The Hall–Kier alpha value is -3.15. The molecule has 0 heterocycles. The number of hydrogen-bond acceptors (Lipinski definition) is 4. The van der Waals surface area contributed by atoms with Crippen molar-refractivity contribution in [2.24, 2.45) is 5.16 Å². The molecule has 0 saturated heterocycles. The van der Waals surface area contributed by atoms with Crippen LogP contribution in [0.3, 0.4) is 0 Å². The van der Waals surface area contributed by atoms with Gasteiger partial charge in [-0.3, -0.25) is 9.59 Å². The van der Waals surface area contributed by atoms with Crippen LogP contribution in [-0.2, 0) is 14.4 Å². The van der Waals surface area contributed by atoms with E-state index >= 15 is 0 Å². The van der Waals surface area contributed by atoms with Crippen LogP contribution in [0, 0.1) is 6.92 Å². The molecule has 0 aliphatic carbocycles. The van der Waals surface area contributed by atoms with Crippen LogP contribution in [0.1, 0.15) is 18.1 Å². The number of oxime groups is 1. The van der Waals surface area contributed by atoms with E-state index in [-0.39, 0.29) is 18.4 Å². The topological polar surface area (TPSA) is 79.8 Å². The Kier molecular flexibility index (Phi) is 6.08. The second kappa shape index (κ2) is 8.47. The SMILES string of the molecule is CC(=O)Nc1ccc(/C=N\OCC(=O)Nc2ccc(C)cc2)cc1. The standard InChI is InChI=1S/C18H19N3O3/c1-13-3-7-17(8-4-13)21-18(23)12-24-19-11-15-5-9-16(10-6-15)20-14(2)22/h3-11H,12H2,1-2H3,(H,20,22)(H,21,23)/b19-11-. The van der Waals surface area contributed by atoms with Crippen LogP contribution in [0.15, 0.2) is 53.7 Å². The summed E-state index contributed by atoms with van der Waals surface area (Å²) in [5.41, 5.74) is 3.34. The number of rotatable bonds is 6. The summed E-state index contributed by atoms with van der Waals surface area (Å²) < 4.78 is 0. The largest absolute Gasteiger partial charge is 0.386 e. The van der Waals surface area contributed by atoms with Gasteiger partial charge in [0, 0.05) is 18.3 Å². The van der Waals surface area contributed by atoms with Gasteiger partial charge in [-0.1, -0.05) is 35.0 Å². The average Bonchev–Trinajstić information content (AvgIpc) is 2.55. The van der Waals surface area contributed by atoms with Crippen LogP contribution in [0.4, 0.5) is 11.4 Å². The maximum absolute atomic E-state index is 11.7. The Morgan fingerprint density at radius 1 is 1.00 bits per heavy atom. The van der Waals surface area contributed by atoms with Crippen LogP contribution < -0.4 is 10.6 Å². The molecule has 0 atom stereocenters. The zero-order valence-corrected chi connectivity index (χ0v) is 13.6. The predicted octanol–water partition coefficient (Wildman–Crippen LogP) is 2.94. The number of benzene rings is 2. The summed E-state index contributed by atoms with van der Waals surface area (Å²) >= 11 is 0. The summed E-state index contributed by atoms with van der Waals surface area (Å²) in [4.78, 5) is 27.6. The van der Waals surface area contributed by atoms with Gasteiger partial charge in [0.2, 0.25) is 5.91 Å². The van der Waals surface area contributed by atoms with Crippen LogP contribution in [-0.4, -0.2) is 24.6 Å². The highest BCUT2D eigenvalue weighted by Gasteiger charge is 2.02. The van der Waals surface area contributed by atoms with Crippen LogP contribution >= 0.6 is 0 Å². The monoisotopic (exact) mass is 325 g/mol. The van der Waals surface area contributed by atoms with Gasteiger partial charge in [-0.15, -0.1) is 0 Å². The fraction of sp³-hybridized carbons (Fsp3) is 0.167. The van der Waals surface area contributed by atoms with E-state index in [0.29, 0.717) is 11.4 Å². The zero-order chi connectivity index (χ0) is 17.4. The first-order chi connectivity index (χ1) is 11.5. The average molecular weight is 325 g/mol. The Labute approximate surface area is 140 Å². The summed E-state index contributed by atoms with van der Waals surface area (Å²) in [7, 11) is 0. The molecule has 0 unspecified atom stereocenters. The second-order valence-electron chi connectivity index (χ2n) is 5.23. The predicted molar refractivity (Wildman–Crippen MR) is 94.1 cm³/mol. The minimum atomic E-state index is -0.281. The number of hydrogen-bond donors (Lipinski definition) is 2. The Balaban J connectivity index is 1.76. The molecule has 124 valence electrons. The molecule has 2 amide bonds. The molecule has 6 heteroatoms. The number of anilines is 2. The van der Waals surface area contributed by atoms with Crippen molar-refractivity contribution in [3.63, 3.8) is 0 Å². The van der Waals surface area contributed by atoms with Gasteiger partial charge in [-0.2, -0.15) is 0 Å². The van der Waals surface area contributed by atoms with Crippen molar-refractivity contribution < 1.29 is 14.4 Å². The number of nitrogens with one attached hydrogen (secondary N) is 2. The molecular formula is C18H19N3O3. The van der Waals surface area contributed by atoms with Crippen LogP contribution in [0.25, 0.3) is 0 Å². The smallest absolute Gasteiger partial charge is 0.265 e. The summed E-state index contributed by atoms with van der Waals surface area (Å²) in [6.45, 7) is 3.26. The van der Waals surface area contributed by atoms with E-state index in [2.05, 4.69) is 15.8 Å². The zero-order valence-electron chi connectivity index (χ0n) is 13.6. The van der Waals surface area contributed by atoms with Crippen molar-refractivity contribution in [2.45, 2.75) is 13.8 Å². The molecule has 6 nitrogen and oxygen atoms in total. The highest BCUT2D eigenvalue weighted by Crippen LogP contribution is 2.09. The molecule has 2 aromatic carbocycles. The Morgan fingerprint density at radius 2 is 1.58 bits per heavy atom. The summed E-state index contributed by atoms with van der Waals surface area (Å²) in [5.74, 6) is -0.406. The molecule has 0 radical (unpaired) electrons. The molecule has 0 spiro atoms. The second-order valence-corrected chi connectivity index (χ2v) is 5.23. The van der Waals surface area contributed by atoms with Crippen LogP contribution in [0.2, 0.25) is 0 Å².